The van der Waals surface area contributed by atoms with E-state index in [0.717, 1.165) is 61.9 Å². The number of nitrogens with zero attached hydrogens (tertiary/aromatic N) is 3. The number of aliphatic hydroxyl groups excluding tert-OH is 1. The molecule has 4 rings (SSSR count). The van der Waals surface area contributed by atoms with Crippen molar-refractivity contribution in [2.45, 2.75) is 44.7 Å². The van der Waals surface area contributed by atoms with Crippen LogP contribution < -0.4 is 9.64 Å². The first-order chi connectivity index (χ1) is 17.4. The Labute approximate surface area is 214 Å². The van der Waals surface area contributed by atoms with Crippen LogP contribution in [0.25, 0.3) is 10.9 Å². The lowest BCUT2D eigenvalue weighted by Crippen LogP contribution is -2.42. The number of halogens is 1. The molecule has 6 heteroatoms. The van der Waals surface area contributed by atoms with Gasteiger partial charge in [-0.25, -0.2) is 4.39 Å². The fraction of sp³-hybridized carbons (Fsp3) is 0.500. The number of aromatic nitrogens is 1. The first-order valence-electron chi connectivity index (χ1n) is 13.1. The quantitative estimate of drug-likeness (QED) is 0.365. The van der Waals surface area contributed by atoms with Gasteiger partial charge in [-0.15, -0.1) is 0 Å². The molecule has 3 aromatic rings. The van der Waals surface area contributed by atoms with Crippen molar-refractivity contribution >= 4 is 16.6 Å². The van der Waals surface area contributed by atoms with Crippen molar-refractivity contribution < 1.29 is 14.2 Å². The van der Waals surface area contributed by atoms with Crippen LogP contribution in [0.2, 0.25) is 0 Å². The molecule has 0 amide bonds. The number of piperidine rings is 1. The van der Waals surface area contributed by atoms with E-state index < -0.39 is 6.17 Å². The highest BCUT2D eigenvalue weighted by molar-refractivity contribution is 5.88. The van der Waals surface area contributed by atoms with Crippen molar-refractivity contribution in [1.82, 2.24) is 9.88 Å². The maximum Gasteiger partial charge on any atom is 0.128 e. The van der Waals surface area contributed by atoms with E-state index in [9.17, 15) is 5.11 Å². The van der Waals surface area contributed by atoms with Gasteiger partial charge in [0, 0.05) is 31.7 Å². The van der Waals surface area contributed by atoms with Gasteiger partial charge in [0.05, 0.1) is 24.5 Å². The van der Waals surface area contributed by atoms with Crippen molar-refractivity contribution in [3.8, 4) is 5.75 Å². The van der Waals surface area contributed by atoms with Gasteiger partial charge in [-0.2, -0.15) is 0 Å². The number of hydrogen-bond acceptors (Lipinski definition) is 5. The molecule has 194 valence electrons. The molecule has 0 saturated carbocycles. The first kappa shape index (κ1) is 26.4. The number of rotatable bonds is 11. The number of anilines is 1. The lowest BCUT2D eigenvalue weighted by atomic mass is 9.74. The topological polar surface area (TPSA) is 48.8 Å². The lowest BCUT2D eigenvalue weighted by Gasteiger charge is -2.41. The highest BCUT2D eigenvalue weighted by Crippen LogP contribution is 2.42. The molecule has 1 aliphatic rings. The monoisotopic (exact) mass is 493 g/mol. The van der Waals surface area contributed by atoms with Gasteiger partial charge in [0.25, 0.3) is 0 Å². The highest BCUT2D eigenvalue weighted by atomic mass is 19.1. The van der Waals surface area contributed by atoms with Gasteiger partial charge in [0.15, 0.2) is 0 Å². The molecule has 1 aliphatic heterocycles. The summed E-state index contributed by atoms with van der Waals surface area (Å²) in [5, 5.41) is 11.1. The van der Waals surface area contributed by atoms with E-state index in [-0.39, 0.29) is 12.0 Å². The van der Waals surface area contributed by atoms with E-state index >= 15 is 4.39 Å². The van der Waals surface area contributed by atoms with E-state index in [2.05, 4.69) is 40.2 Å². The molecule has 1 saturated heterocycles. The Bertz CT molecular complexity index is 1110. The Morgan fingerprint density at radius 3 is 2.56 bits per heavy atom. The number of ether oxygens (including phenoxy) is 1. The predicted molar refractivity (Wildman–Crippen MR) is 146 cm³/mol. The third-order valence-electron chi connectivity index (χ3n) is 7.85. The second-order valence-electron chi connectivity index (χ2n) is 10.4. The van der Waals surface area contributed by atoms with Crippen LogP contribution in [0.4, 0.5) is 10.1 Å². The molecule has 36 heavy (non-hydrogen) atoms. The van der Waals surface area contributed by atoms with Crippen molar-refractivity contribution in [3.63, 3.8) is 0 Å². The fourth-order valence-corrected chi connectivity index (χ4v) is 5.46. The molecule has 1 fully saturated rings. The molecule has 2 heterocycles. The normalized spacial score (nSPS) is 16.7. The van der Waals surface area contributed by atoms with Gasteiger partial charge in [0.1, 0.15) is 11.9 Å². The van der Waals surface area contributed by atoms with Crippen molar-refractivity contribution in [1.29, 1.82) is 0 Å². The number of aryl methyl sites for hydroxylation is 1. The zero-order valence-electron chi connectivity index (χ0n) is 21.9. The molecule has 5 nitrogen and oxygen atoms in total. The van der Waals surface area contributed by atoms with Crippen LogP contribution in [0.3, 0.4) is 0 Å². The molecular formula is C30H40FN3O2. The zero-order valence-corrected chi connectivity index (χ0v) is 21.9. The van der Waals surface area contributed by atoms with Crippen LogP contribution in [-0.2, 0) is 6.42 Å². The Hall–Kier alpha value is -2.70. The van der Waals surface area contributed by atoms with Crippen molar-refractivity contribution in [3.05, 3.63) is 65.9 Å². The summed E-state index contributed by atoms with van der Waals surface area (Å²) >= 11 is 0. The van der Waals surface area contributed by atoms with Gasteiger partial charge >= 0.3 is 0 Å². The number of methoxy groups -OCH3 is 1. The molecule has 1 aromatic heterocycles. The number of likely N-dealkylation sites (tertiary alicyclic amines) is 1. The molecule has 0 radical (unpaired) electrons. The molecule has 0 aliphatic carbocycles. The average Bonchev–Trinajstić information content (AvgIpc) is 2.92. The predicted octanol–water partition coefficient (Wildman–Crippen LogP) is 5.81. The maximum atomic E-state index is 16.0. The van der Waals surface area contributed by atoms with Gasteiger partial charge in [-0.1, -0.05) is 30.3 Å². The van der Waals surface area contributed by atoms with Crippen LogP contribution in [0.5, 0.6) is 5.75 Å². The molecule has 0 spiro atoms. The van der Waals surface area contributed by atoms with Crippen LogP contribution in [0.1, 0.15) is 49.4 Å². The summed E-state index contributed by atoms with van der Waals surface area (Å²) in [4.78, 5) is 8.96. The van der Waals surface area contributed by atoms with Crippen LogP contribution in [-0.4, -0.2) is 62.4 Å². The second-order valence-corrected chi connectivity index (χ2v) is 10.4. The number of benzene rings is 2. The number of aliphatic hydroxyl groups is 1. The van der Waals surface area contributed by atoms with Crippen LogP contribution in [0.15, 0.2) is 54.7 Å². The number of alkyl halides is 1. The number of fused-ring (bicyclic) bond motifs is 1. The zero-order chi connectivity index (χ0) is 25.5. The third-order valence-corrected chi connectivity index (χ3v) is 7.85. The largest absolute Gasteiger partial charge is 0.497 e. The summed E-state index contributed by atoms with van der Waals surface area (Å²) in [7, 11) is 5.46. The van der Waals surface area contributed by atoms with E-state index in [1.165, 1.54) is 5.56 Å². The summed E-state index contributed by atoms with van der Waals surface area (Å²) in [5.74, 6) is 0.695. The Morgan fingerprint density at radius 2 is 1.89 bits per heavy atom. The van der Waals surface area contributed by atoms with Crippen LogP contribution >= 0.6 is 0 Å². The van der Waals surface area contributed by atoms with Gasteiger partial charge in [-0.3, -0.25) is 4.98 Å². The maximum absolute atomic E-state index is 16.0. The second kappa shape index (κ2) is 12.0. The van der Waals surface area contributed by atoms with E-state index in [0.29, 0.717) is 24.2 Å². The molecular weight excluding hydrogens is 453 g/mol. The lowest BCUT2D eigenvalue weighted by molar-refractivity contribution is 0.0300. The van der Waals surface area contributed by atoms with Crippen molar-refractivity contribution in [2.24, 2.45) is 5.41 Å². The first-order valence-corrected chi connectivity index (χ1v) is 13.1. The third kappa shape index (κ3) is 6.16. The molecule has 2 aromatic carbocycles. The minimum atomic E-state index is -1.15. The summed E-state index contributed by atoms with van der Waals surface area (Å²) in [6.45, 7) is 3.11. The van der Waals surface area contributed by atoms with E-state index in [4.69, 9.17) is 4.74 Å². The molecule has 1 N–H and O–H groups in total. The van der Waals surface area contributed by atoms with Crippen LogP contribution in [0, 0.1) is 5.41 Å². The number of hydrogen-bond donors (Lipinski definition) is 1. The Morgan fingerprint density at radius 1 is 1.14 bits per heavy atom. The smallest absolute Gasteiger partial charge is 0.128 e. The summed E-state index contributed by atoms with van der Waals surface area (Å²) in [5.41, 5.74) is 3.38. The standard InChI is InChI=1S/C30H40FN3O2/c1-33(2)28-21-32-27-12-11-24(36-3)20-25(27)29(28)26(31)13-14-30(22-35)15-18-34(19-16-30)17-7-10-23-8-5-4-6-9-23/h4-6,8-9,11-12,20-21,26,35H,7,10,13-19,22H2,1-3H3. The average molecular weight is 494 g/mol. The van der Waals surface area contributed by atoms with Crippen molar-refractivity contribution in [2.75, 3.05) is 52.3 Å². The SMILES string of the molecule is COc1ccc2ncc(N(C)C)c(C(F)CCC3(CO)CCN(CCCc4ccccc4)CC3)c2c1. The summed E-state index contributed by atoms with van der Waals surface area (Å²) in [6.07, 6.45) is 5.70. The number of pyridine rings is 1. The molecule has 1 unspecified atom stereocenters. The van der Waals surface area contributed by atoms with Gasteiger partial charge in [0.2, 0.25) is 0 Å². The highest BCUT2D eigenvalue weighted by Gasteiger charge is 2.35. The van der Waals surface area contributed by atoms with Gasteiger partial charge in [-0.05, 0) is 87.3 Å². The minimum Gasteiger partial charge on any atom is -0.497 e. The Balaban J connectivity index is 1.39. The Kier molecular flexibility index (Phi) is 8.81. The van der Waals surface area contributed by atoms with E-state index in [1.807, 2.05) is 37.2 Å². The molecule has 1 atom stereocenters. The molecule has 0 bridgehead atoms. The van der Waals surface area contributed by atoms with Gasteiger partial charge < -0.3 is 19.6 Å². The summed E-state index contributed by atoms with van der Waals surface area (Å²) < 4.78 is 21.4. The summed E-state index contributed by atoms with van der Waals surface area (Å²) in [6, 6.07) is 16.2. The fourth-order valence-electron chi connectivity index (χ4n) is 5.46. The minimum absolute atomic E-state index is 0.114. The van der Waals surface area contributed by atoms with E-state index in [1.54, 1.807) is 13.3 Å².